The summed E-state index contributed by atoms with van der Waals surface area (Å²) in [6.07, 6.45) is 3.11. The Kier molecular flexibility index (Phi) is 3.41. The third kappa shape index (κ3) is 2.51. The van der Waals surface area contributed by atoms with Crippen LogP contribution in [0.4, 0.5) is 0 Å². The average molecular weight is 241 g/mol. The predicted molar refractivity (Wildman–Crippen MR) is 60.6 cm³/mol. The van der Waals surface area contributed by atoms with Gasteiger partial charge in [0.2, 0.25) is 0 Å². The summed E-state index contributed by atoms with van der Waals surface area (Å²) >= 11 is 5.76. The summed E-state index contributed by atoms with van der Waals surface area (Å²) in [5.74, 6) is -0.585. The second-order valence-electron chi connectivity index (χ2n) is 3.97. The highest BCUT2D eigenvalue weighted by atomic mass is 35.5. The quantitative estimate of drug-likeness (QED) is 0.825. The minimum atomic E-state index is -0.793. The highest BCUT2D eigenvalue weighted by Crippen LogP contribution is 2.26. The third-order valence-corrected chi connectivity index (χ3v) is 3.09. The van der Waals surface area contributed by atoms with Crippen molar-refractivity contribution >= 4 is 17.6 Å². The Morgan fingerprint density at radius 2 is 2.38 bits per heavy atom. The molecule has 1 fully saturated rings. The van der Waals surface area contributed by atoms with Crippen LogP contribution in [0, 0.1) is 0 Å². The van der Waals surface area contributed by atoms with Gasteiger partial charge < -0.3 is 10.4 Å². The lowest BCUT2D eigenvalue weighted by molar-refractivity contribution is -0.140. The van der Waals surface area contributed by atoms with Crippen LogP contribution < -0.4 is 5.32 Å². The van der Waals surface area contributed by atoms with Crippen LogP contribution in [0.2, 0.25) is 5.02 Å². The molecule has 0 amide bonds. The van der Waals surface area contributed by atoms with Crippen molar-refractivity contribution in [3.05, 3.63) is 29.0 Å². The molecule has 2 heterocycles. The van der Waals surface area contributed by atoms with Crippen molar-refractivity contribution in [3.8, 4) is 0 Å². The third-order valence-electron chi connectivity index (χ3n) is 2.87. The Hall–Kier alpha value is -1.13. The number of piperidine rings is 1. The first-order valence-electron chi connectivity index (χ1n) is 5.24. The number of nitrogens with one attached hydrogen (secondary N) is 1. The summed E-state index contributed by atoms with van der Waals surface area (Å²) in [6.45, 7) is 0.714. The van der Waals surface area contributed by atoms with Gasteiger partial charge in [-0.1, -0.05) is 11.6 Å². The van der Waals surface area contributed by atoms with Gasteiger partial charge in [-0.2, -0.15) is 0 Å². The van der Waals surface area contributed by atoms with Crippen molar-refractivity contribution in [3.63, 3.8) is 0 Å². The molecule has 0 radical (unpaired) electrons. The van der Waals surface area contributed by atoms with Gasteiger partial charge in [0.15, 0.2) is 0 Å². The van der Waals surface area contributed by atoms with Gasteiger partial charge in [0.25, 0.3) is 0 Å². The van der Waals surface area contributed by atoms with E-state index in [4.69, 9.17) is 16.7 Å². The summed E-state index contributed by atoms with van der Waals surface area (Å²) in [5.41, 5.74) is 0.928. The maximum absolute atomic E-state index is 10.9. The summed E-state index contributed by atoms with van der Waals surface area (Å²) in [5, 5.41) is 12.5. The molecule has 2 rings (SSSR count). The zero-order chi connectivity index (χ0) is 11.5. The molecule has 5 heteroatoms. The molecule has 86 valence electrons. The number of hydrogen-bond donors (Lipinski definition) is 2. The first kappa shape index (κ1) is 11.4. The van der Waals surface area contributed by atoms with Crippen molar-refractivity contribution in [2.24, 2.45) is 0 Å². The van der Waals surface area contributed by atoms with E-state index in [0.717, 1.165) is 12.1 Å². The molecule has 2 N–H and O–H groups in total. The molecule has 1 aromatic heterocycles. The van der Waals surface area contributed by atoms with Gasteiger partial charge in [0, 0.05) is 17.8 Å². The van der Waals surface area contributed by atoms with Crippen LogP contribution in [0.1, 0.15) is 24.5 Å². The lowest BCUT2D eigenvalue weighted by atomic mass is 9.89. The smallest absolute Gasteiger partial charge is 0.320 e. The highest BCUT2D eigenvalue weighted by Gasteiger charge is 2.27. The number of aromatic nitrogens is 1. The molecule has 2 unspecified atom stereocenters. The number of carbonyl (C=O) groups is 1. The van der Waals surface area contributed by atoms with E-state index < -0.39 is 12.0 Å². The second kappa shape index (κ2) is 4.80. The van der Waals surface area contributed by atoms with Crippen molar-refractivity contribution in [1.29, 1.82) is 0 Å². The largest absolute Gasteiger partial charge is 0.480 e. The molecule has 0 aliphatic carbocycles. The van der Waals surface area contributed by atoms with Gasteiger partial charge in [0.1, 0.15) is 6.04 Å². The summed E-state index contributed by atoms with van der Waals surface area (Å²) in [4.78, 5) is 15.1. The topological polar surface area (TPSA) is 62.2 Å². The normalized spacial score (nSPS) is 25.3. The fourth-order valence-electron chi connectivity index (χ4n) is 2.00. The number of pyridine rings is 1. The van der Waals surface area contributed by atoms with E-state index in [1.54, 1.807) is 12.3 Å². The molecule has 16 heavy (non-hydrogen) atoms. The molecule has 2 atom stereocenters. The maximum Gasteiger partial charge on any atom is 0.320 e. The predicted octanol–water partition coefficient (Wildman–Crippen LogP) is 1.66. The fourth-order valence-corrected chi connectivity index (χ4v) is 2.11. The molecule has 1 aromatic rings. The van der Waals surface area contributed by atoms with E-state index in [0.29, 0.717) is 18.0 Å². The summed E-state index contributed by atoms with van der Waals surface area (Å²) in [6, 6.07) is 3.20. The molecular formula is C11H13ClN2O2. The van der Waals surface area contributed by atoms with Gasteiger partial charge >= 0.3 is 5.97 Å². The molecule has 4 nitrogen and oxygen atoms in total. The van der Waals surface area contributed by atoms with Crippen LogP contribution in [-0.4, -0.2) is 28.6 Å². The molecule has 0 saturated carbocycles. The number of aliphatic carboxylic acids is 1. The lowest BCUT2D eigenvalue weighted by Crippen LogP contribution is -2.42. The Morgan fingerprint density at radius 3 is 3.00 bits per heavy atom. The second-order valence-corrected chi connectivity index (χ2v) is 4.40. The number of halogens is 1. The molecule has 0 aromatic carbocycles. The SMILES string of the molecule is O=C(O)C1CC(c2ccc(Cl)cn2)CCN1. The maximum atomic E-state index is 10.9. The Balaban J connectivity index is 2.09. The van der Waals surface area contributed by atoms with E-state index in [2.05, 4.69) is 10.3 Å². The van der Waals surface area contributed by atoms with Crippen molar-refractivity contribution in [1.82, 2.24) is 10.3 Å². The zero-order valence-electron chi connectivity index (χ0n) is 8.69. The zero-order valence-corrected chi connectivity index (χ0v) is 9.44. The number of carboxylic acid groups (broad SMARTS) is 1. The summed E-state index contributed by atoms with van der Waals surface area (Å²) < 4.78 is 0. The molecule has 0 spiro atoms. The van der Waals surface area contributed by atoms with Crippen LogP contribution in [0.5, 0.6) is 0 Å². The van der Waals surface area contributed by atoms with Crippen LogP contribution in [0.15, 0.2) is 18.3 Å². The molecule has 1 saturated heterocycles. The fraction of sp³-hybridized carbons (Fsp3) is 0.455. The first-order chi connectivity index (χ1) is 7.66. The van der Waals surface area contributed by atoms with Gasteiger partial charge in [-0.3, -0.25) is 9.78 Å². The Morgan fingerprint density at radius 1 is 1.56 bits per heavy atom. The van der Waals surface area contributed by atoms with Crippen LogP contribution in [0.25, 0.3) is 0 Å². The van der Waals surface area contributed by atoms with Crippen molar-refractivity contribution < 1.29 is 9.90 Å². The van der Waals surface area contributed by atoms with Gasteiger partial charge in [0.05, 0.1) is 5.02 Å². The van der Waals surface area contributed by atoms with Crippen LogP contribution in [0.3, 0.4) is 0 Å². The van der Waals surface area contributed by atoms with E-state index in [1.807, 2.05) is 6.07 Å². The number of rotatable bonds is 2. The highest BCUT2D eigenvalue weighted by molar-refractivity contribution is 6.30. The van der Waals surface area contributed by atoms with E-state index in [1.165, 1.54) is 0 Å². The van der Waals surface area contributed by atoms with E-state index in [-0.39, 0.29) is 5.92 Å². The summed E-state index contributed by atoms with van der Waals surface area (Å²) in [7, 11) is 0. The minimum Gasteiger partial charge on any atom is -0.480 e. The number of hydrogen-bond acceptors (Lipinski definition) is 3. The van der Waals surface area contributed by atoms with Crippen molar-refractivity contribution in [2.75, 3.05) is 6.54 Å². The van der Waals surface area contributed by atoms with Crippen LogP contribution in [-0.2, 0) is 4.79 Å². The first-order valence-corrected chi connectivity index (χ1v) is 5.62. The minimum absolute atomic E-state index is 0.208. The van der Waals surface area contributed by atoms with E-state index >= 15 is 0 Å². The van der Waals surface area contributed by atoms with Gasteiger partial charge in [-0.25, -0.2) is 0 Å². The number of carboxylic acids is 1. The molecule has 0 bridgehead atoms. The molecule has 1 aliphatic rings. The van der Waals surface area contributed by atoms with E-state index in [9.17, 15) is 4.79 Å². The monoisotopic (exact) mass is 240 g/mol. The Labute approximate surface area is 98.6 Å². The molecule has 1 aliphatic heterocycles. The number of nitrogens with zero attached hydrogens (tertiary/aromatic N) is 1. The Bertz CT molecular complexity index is 380. The van der Waals surface area contributed by atoms with Gasteiger partial charge in [-0.05, 0) is 31.5 Å². The van der Waals surface area contributed by atoms with Crippen LogP contribution >= 0.6 is 11.6 Å². The average Bonchev–Trinajstić information content (AvgIpc) is 2.30. The molecular weight excluding hydrogens is 228 g/mol. The van der Waals surface area contributed by atoms with Crippen molar-refractivity contribution in [2.45, 2.75) is 24.8 Å². The standard InChI is InChI=1S/C11H13ClN2O2/c12-8-1-2-9(14-6-8)7-3-4-13-10(5-7)11(15)16/h1-2,6-7,10,13H,3-5H2,(H,15,16). The lowest BCUT2D eigenvalue weighted by Gasteiger charge is -2.27. The van der Waals surface area contributed by atoms with Gasteiger partial charge in [-0.15, -0.1) is 0 Å².